The molecule has 2 aliphatic heterocycles. The van der Waals surface area contributed by atoms with Gasteiger partial charge in [-0.25, -0.2) is 0 Å². The van der Waals surface area contributed by atoms with E-state index >= 15 is 0 Å². The molecule has 0 unspecified atom stereocenters. The number of phenolic OH excluding ortho intramolecular Hbond substituents is 1. The van der Waals surface area contributed by atoms with E-state index < -0.39 is 0 Å². The van der Waals surface area contributed by atoms with Crippen LogP contribution in [0.2, 0.25) is 0 Å². The molecule has 2 heterocycles. The predicted octanol–water partition coefficient (Wildman–Crippen LogP) is 1.46. The number of rotatable bonds is 4. The number of carbonyl (C=O) groups excluding carboxylic acids is 2. The van der Waals surface area contributed by atoms with Crippen LogP contribution in [0.5, 0.6) is 5.75 Å². The molecule has 0 radical (unpaired) electrons. The Labute approximate surface area is 148 Å². The summed E-state index contributed by atoms with van der Waals surface area (Å²) in [5.41, 5.74) is 0.327. The van der Waals surface area contributed by atoms with Crippen LogP contribution in [0.1, 0.15) is 36.0 Å². The summed E-state index contributed by atoms with van der Waals surface area (Å²) in [7, 11) is 0. The third-order valence-electron chi connectivity index (χ3n) is 5.28. The Kier molecular flexibility index (Phi) is 5.91. The number of benzene rings is 1. The molecule has 0 aromatic heterocycles. The van der Waals surface area contributed by atoms with Crippen LogP contribution in [0, 0.1) is 5.92 Å². The number of carbonyl (C=O) groups is 2. The summed E-state index contributed by atoms with van der Waals surface area (Å²) in [6, 6.07) is 6.60. The molecule has 136 valence electrons. The Balaban J connectivity index is 1.45. The quantitative estimate of drug-likeness (QED) is 0.866. The second-order valence-corrected chi connectivity index (χ2v) is 6.92. The van der Waals surface area contributed by atoms with Gasteiger partial charge in [-0.05, 0) is 50.4 Å². The van der Waals surface area contributed by atoms with E-state index in [-0.39, 0.29) is 17.6 Å². The van der Waals surface area contributed by atoms with Crippen LogP contribution in [0.4, 0.5) is 0 Å². The van der Waals surface area contributed by atoms with Gasteiger partial charge in [-0.15, -0.1) is 0 Å². The van der Waals surface area contributed by atoms with Gasteiger partial charge in [0.05, 0.1) is 5.56 Å². The van der Waals surface area contributed by atoms with Gasteiger partial charge in [0.1, 0.15) is 5.75 Å². The summed E-state index contributed by atoms with van der Waals surface area (Å²) in [5.74, 6) is 0.704. The zero-order valence-electron chi connectivity index (χ0n) is 14.6. The van der Waals surface area contributed by atoms with Gasteiger partial charge in [0.2, 0.25) is 5.91 Å². The van der Waals surface area contributed by atoms with Crippen molar-refractivity contribution >= 4 is 11.8 Å². The molecule has 2 aliphatic rings. The first-order chi connectivity index (χ1) is 12.1. The zero-order chi connectivity index (χ0) is 17.6. The lowest BCUT2D eigenvalue weighted by atomic mass is 9.93. The minimum absolute atomic E-state index is 0.00739. The van der Waals surface area contributed by atoms with Crippen LogP contribution in [0.3, 0.4) is 0 Å². The predicted molar refractivity (Wildman–Crippen MR) is 95.4 cm³/mol. The number of aromatic hydroxyl groups is 1. The Morgan fingerprint density at radius 2 is 1.68 bits per heavy atom. The Morgan fingerprint density at radius 1 is 1.04 bits per heavy atom. The number of hydrogen-bond donors (Lipinski definition) is 2. The SMILES string of the molecule is O=C(CCC1CCNCC1)N1CCN(C(=O)c2ccccc2O)CC1. The highest BCUT2D eigenvalue weighted by Gasteiger charge is 2.26. The minimum atomic E-state index is -0.167. The van der Waals surface area contributed by atoms with E-state index in [9.17, 15) is 14.7 Å². The van der Waals surface area contributed by atoms with Crippen molar-refractivity contribution in [2.75, 3.05) is 39.3 Å². The highest BCUT2D eigenvalue weighted by molar-refractivity contribution is 5.97. The highest BCUT2D eigenvalue weighted by atomic mass is 16.3. The molecule has 6 heteroatoms. The molecule has 1 aromatic rings. The lowest BCUT2D eigenvalue weighted by Crippen LogP contribution is -2.50. The van der Waals surface area contributed by atoms with Gasteiger partial charge in [-0.1, -0.05) is 12.1 Å². The summed E-state index contributed by atoms with van der Waals surface area (Å²) in [6.07, 6.45) is 3.90. The first-order valence-corrected chi connectivity index (χ1v) is 9.21. The first kappa shape index (κ1) is 17.7. The van der Waals surface area contributed by atoms with Gasteiger partial charge in [-0.2, -0.15) is 0 Å². The van der Waals surface area contributed by atoms with E-state index in [4.69, 9.17) is 0 Å². The van der Waals surface area contributed by atoms with Crippen molar-refractivity contribution in [1.29, 1.82) is 0 Å². The van der Waals surface area contributed by atoms with Gasteiger partial charge in [-0.3, -0.25) is 9.59 Å². The highest BCUT2D eigenvalue weighted by Crippen LogP contribution is 2.20. The van der Waals surface area contributed by atoms with Gasteiger partial charge in [0.25, 0.3) is 5.91 Å². The average molecular weight is 345 g/mol. The number of piperazine rings is 1. The van der Waals surface area contributed by atoms with Crippen LogP contribution < -0.4 is 5.32 Å². The van der Waals surface area contributed by atoms with Crippen molar-refractivity contribution in [1.82, 2.24) is 15.1 Å². The second-order valence-electron chi connectivity index (χ2n) is 6.92. The lowest BCUT2D eigenvalue weighted by molar-refractivity contribution is -0.133. The molecule has 2 amide bonds. The van der Waals surface area contributed by atoms with E-state index in [0.717, 1.165) is 32.4 Å². The molecule has 2 fully saturated rings. The maximum atomic E-state index is 12.5. The van der Waals surface area contributed by atoms with Crippen LogP contribution in [0.25, 0.3) is 0 Å². The summed E-state index contributed by atoms with van der Waals surface area (Å²) >= 11 is 0. The van der Waals surface area contributed by atoms with E-state index in [1.54, 1.807) is 23.1 Å². The molecule has 0 saturated carbocycles. The van der Waals surface area contributed by atoms with Gasteiger partial charge >= 0.3 is 0 Å². The van der Waals surface area contributed by atoms with Crippen molar-refractivity contribution in [3.05, 3.63) is 29.8 Å². The minimum Gasteiger partial charge on any atom is -0.507 e. The monoisotopic (exact) mass is 345 g/mol. The molecular weight excluding hydrogens is 318 g/mol. The van der Waals surface area contributed by atoms with Crippen LogP contribution >= 0.6 is 0 Å². The Morgan fingerprint density at radius 3 is 2.36 bits per heavy atom. The molecule has 0 spiro atoms. The van der Waals surface area contributed by atoms with Crippen molar-refractivity contribution in [3.8, 4) is 5.75 Å². The van der Waals surface area contributed by atoms with Crippen molar-refractivity contribution in [3.63, 3.8) is 0 Å². The number of nitrogens with zero attached hydrogens (tertiary/aromatic N) is 2. The molecule has 0 bridgehead atoms. The molecule has 2 N–H and O–H groups in total. The third-order valence-corrected chi connectivity index (χ3v) is 5.28. The van der Waals surface area contributed by atoms with Crippen LogP contribution in [-0.4, -0.2) is 66.0 Å². The zero-order valence-corrected chi connectivity index (χ0v) is 14.6. The first-order valence-electron chi connectivity index (χ1n) is 9.21. The normalized spacial score (nSPS) is 19.0. The second kappa shape index (κ2) is 8.34. The van der Waals surface area contributed by atoms with Gasteiger partial charge < -0.3 is 20.2 Å². The molecule has 3 rings (SSSR count). The Bertz CT molecular complexity index is 606. The molecule has 2 saturated heterocycles. The number of phenols is 1. The van der Waals surface area contributed by atoms with Crippen molar-refractivity contribution < 1.29 is 14.7 Å². The maximum absolute atomic E-state index is 12.5. The number of nitrogens with one attached hydrogen (secondary N) is 1. The summed E-state index contributed by atoms with van der Waals surface area (Å²) in [4.78, 5) is 28.5. The van der Waals surface area contributed by atoms with Crippen molar-refractivity contribution in [2.24, 2.45) is 5.92 Å². The molecule has 25 heavy (non-hydrogen) atoms. The maximum Gasteiger partial charge on any atom is 0.257 e. The molecular formula is C19H27N3O3. The van der Waals surface area contributed by atoms with E-state index in [2.05, 4.69) is 5.32 Å². The fourth-order valence-corrected chi connectivity index (χ4v) is 3.64. The van der Waals surface area contributed by atoms with Gasteiger partial charge in [0, 0.05) is 32.6 Å². The van der Waals surface area contributed by atoms with Crippen molar-refractivity contribution in [2.45, 2.75) is 25.7 Å². The molecule has 0 aliphatic carbocycles. The number of hydrogen-bond acceptors (Lipinski definition) is 4. The van der Waals surface area contributed by atoms with Gasteiger partial charge in [0.15, 0.2) is 0 Å². The summed E-state index contributed by atoms with van der Waals surface area (Å²) in [5, 5.41) is 13.2. The Hall–Kier alpha value is -2.08. The third kappa shape index (κ3) is 4.51. The average Bonchev–Trinajstić information content (AvgIpc) is 2.67. The van der Waals surface area contributed by atoms with Crippen LogP contribution in [0.15, 0.2) is 24.3 Å². The fraction of sp³-hybridized carbons (Fsp3) is 0.579. The molecule has 0 atom stereocenters. The topological polar surface area (TPSA) is 72.9 Å². The standard InChI is InChI=1S/C19H27N3O3/c23-17-4-2-1-3-16(17)19(25)22-13-11-21(12-14-22)18(24)6-5-15-7-9-20-10-8-15/h1-4,15,20,23H,5-14H2. The lowest BCUT2D eigenvalue weighted by Gasteiger charge is -2.35. The van der Waals surface area contributed by atoms with E-state index in [1.165, 1.54) is 6.07 Å². The number of para-hydroxylation sites is 1. The summed E-state index contributed by atoms with van der Waals surface area (Å²) < 4.78 is 0. The van der Waals surface area contributed by atoms with E-state index in [1.807, 2.05) is 4.90 Å². The molecule has 6 nitrogen and oxygen atoms in total. The van der Waals surface area contributed by atoms with Crippen LogP contribution in [-0.2, 0) is 4.79 Å². The summed E-state index contributed by atoms with van der Waals surface area (Å²) in [6.45, 7) is 4.31. The number of amides is 2. The molecule has 1 aromatic carbocycles. The fourth-order valence-electron chi connectivity index (χ4n) is 3.64. The largest absolute Gasteiger partial charge is 0.507 e. The smallest absolute Gasteiger partial charge is 0.257 e. The van der Waals surface area contributed by atoms with E-state index in [0.29, 0.717) is 44.1 Å². The number of piperidine rings is 1.